The van der Waals surface area contributed by atoms with Crippen LogP contribution in [0.25, 0.3) is 11.1 Å². The first-order valence-electron chi connectivity index (χ1n) is 15.6. The predicted octanol–water partition coefficient (Wildman–Crippen LogP) is 8.66. The fraction of sp³-hybridized carbons (Fsp3) is 0.353. The van der Waals surface area contributed by atoms with Crippen molar-refractivity contribution >= 4 is 122 Å². The molecule has 2 aromatic rings. The van der Waals surface area contributed by atoms with Crippen LogP contribution in [0.1, 0.15) is 62.4 Å². The average Bonchev–Trinajstić information content (AvgIpc) is 3.77. The topological polar surface area (TPSA) is 83.8 Å². The highest BCUT2D eigenvalue weighted by Gasteiger charge is 2.44. The highest BCUT2D eigenvalue weighted by molar-refractivity contribution is 8.35. The predicted molar refractivity (Wildman–Crippen MR) is 205 cm³/mol. The minimum atomic E-state index is -0.584. The fourth-order valence-corrected chi connectivity index (χ4v) is 11.7. The summed E-state index contributed by atoms with van der Waals surface area (Å²) in [5.41, 5.74) is 3.00. The number of thioether (sulfide) groups is 2. The number of thiocarbonyl (C=S) groups is 2. The molecule has 2 saturated heterocycles. The second-order valence-electron chi connectivity index (χ2n) is 12.9. The molecular weight excluding hydrogens is 721 g/mol. The van der Waals surface area contributed by atoms with E-state index in [-0.39, 0.29) is 23.7 Å². The molecule has 6 heterocycles. The number of amides is 2. The Morgan fingerprint density at radius 1 is 0.708 bits per heavy atom. The quantitative estimate of drug-likeness (QED) is 0.288. The standard InChI is InChI=1S/C34H30N4O4S6/c1-7-37-29(39)27(47-31(37)43)35-23-13-19-25(45-23)17-9-15-12-22-18(10-16(15)11-21(17)41-33(19,3)4)26-20(34(5,6)42-22)14-24(46-26)36-28-30(40)38(8-2)32(44)48-28/h9-16H,7-8H2,1-6H3. The summed E-state index contributed by atoms with van der Waals surface area (Å²) in [7, 11) is 0. The first-order valence-corrected chi connectivity index (χ1v) is 19.7. The summed E-state index contributed by atoms with van der Waals surface area (Å²) in [5, 5.41) is 2.32. The van der Waals surface area contributed by atoms with Gasteiger partial charge in [0.2, 0.25) is 0 Å². The molecule has 2 atom stereocenters. The van der Waals surface area contributed by atoms with Gasteiger partial charge in [0.05, 0.1) is 0 Å². The first kappa shape index (κ1) is 32.3. The van der Waals surface area contributed by atoms with E-state index in [2.05, 4.69) is 52.0 Å². The maximum Gasteiger partial charge on any atom is 0.285 e. The van der Waals surface area contributed by atoms with Crippen molar-refractivity contribution in [3.63, 3.8) is 0 Å². The molecule has 2 unspecified atom stereocenters. The molecule has 2 aromatic heterocycles. The third-order valence-electron chi connectivity index (χ3n) is 9.06. The number of rotatable bonds is 4. The van der Waals surface area contributed by atoms with Gasteiger partial charge >= 0.3 is 0 Å². The Kier molecular flexibility index (Phi) is 7.63. The van der Waals surface area contributed by atoms with Crippen molar-refractivity contribution in [1.29, 1.82) is 0 Å². The van der Waals surface area contributed by atoms with Gasteiger partial charge in [0, 0.05) is 57.0 Å². The lowest BCUT2D eigenvalue weighted by Gasteiger charge is -2.40. The number of nitrogens with zero attached hydrogens (tertiary/aromatic N) is 4. The molecule has 6 aliphatic rings. The molecule has 2 amide bonds. The number of fused-ring (bicyclic) bond motifs is 7. The van der Waals surface area contributed by atoms with Gasteiger partial charge in [-0.25, -0.2) is 9.98 Å². The summed E-state index contributed by atoms with van der Waals surface area (Å²) in [4.78, 5) is 40.6. The van der Waals surface area contributed by atoms with Crippen molar-refractivity contribution in [2.45, 2.75) is 52.7 Å². The summed E-state index contributed by atoms with van der Waals surface area (Å²) >= 11 is 16.4. The molecule has 0 spiro atoms. The van der Waals surface area contributed by atoms with Crippen LogP contribution in [0.5, 0.6) is 0 Å². The van der Waals surface area contributed by atoms with Gasteiger partial charge in [0.1, 0.15) is 41.4 Å². The van der Waals surface area contributed by atoms with E-state index >= 15 is 0 Å². The zero-order chi connectivity index (χ0) is 33.9. The SMILES string of the molecule is CCN1C(=O)C(=Nc2cc3c(s2)C2=CC4C=C5OC(C)(C)c6cc(N=C7SC(=S)N(CC)C7=O)sc6C5=CC4C=C2OC3(C)C)SC1=S. The largest absolute Gasteiger partial charge is 0.483 e. The number of carbonyl (C=O) groups excluding carboxylic acids is 2. The Labute approximate surface area is 305 Å². The van der Waals surface area contributed by atoms with Gasteiger partial charge in [0.15, 0.2) is 10.1 Å². The second-order valence-corrected chi connectivity index (χ2v) is 18.2. The Bertz CT molecular complexity index is 1930. The van der Waals surface area contributed by atoms with E-state index in [0.717, 1.165) is 53.5 Å². The Balaban J connectivity index is 1.14. The van der Waals surface area contributed by atoms with E-state index in [1.807, 2.05) is 26.0 Å². The number of hydrogen-bond donors (Lipinski definition) is 0. The maximum absolute atomic E-state index is 12.9. The number of allylic oxidation sites excluding steroid dienone is 6. The summed E-state index contributed by atoms with van der Waals surface area (Å²) in [6.45, 7) is 13.1. The molecule has 0 N–H and O–H groups in total. The molecule has 2 fully saturated rings. The van der Waals surface area contributed by atoms with Crippen LogP contribution in [-0.2, 0) is 30.3 Å². The smallest absolute Gasteiger partial charge is 0.285 e. The van der Waals surface area contributed by atoms with E-state index in [9.17, 15) is 9.59 Å². The molecule has 246 valence electrons. The molecule has 0 aromatic carbocycles. The minimum absolute atomic E-state index is 0.0602. The van der Waals surface area contributed by atoms with E-state index in [1.165, 1.54) is 23.5 Å². The lowest BCUT2D eigenvalue weighted by atomic mass is 9.76. The molecule has 2 aliphatic carbocycles. The molecule has 0 bridgehead atoms. The van der Waals surface area contributed by atoms with Gasteiger partial charge in [0.25, 0.3) is 11.8 Å². The molecule has 8 nitrogen and oxygen atoms in total. The summed E-state index contributed by atoms with van der Waals surface area (Å²) < 4.78 is 14.4. The van der Waals surface area contributed by atoms with E-state index in [4.69, 9.17) is 43.9 Å². The van der Waals surface area contributed by atoms with E-state index in [1.54, 1.807) is 32.5 Å². The van der Waals surface area contributed by atoms with Gasteiger partial charge in [-0.15, -0.1) is 22.7 Å². The van der Waals surface area contributed by atoms with Crippen molar-refractivity contribution in [3.05, 3.63) is 68.8 Å². The fourth-order valence-electron chi connectivity index (χ4n) is 6.64. The van der Waals surface area contributed by atoms with Crippen molar-refractivity contribution in [2.24, 2.45) is 21.8 Å². The van der Waals surface area contributed by atoms with Gasteiger partial charge in [-0.1, -0.05) is 36.6 Å². The van der Waals surface area contributed by atoms with Gasteiger partial charge in [-0.2, -0.15) is 0 Å². The lowest BCUT2D eigenvalue weighted by Crippen LogP contribution is -2.31. The van der Waals surface area contributed by atoms with Crippen LogP contribution in [0.15, 0.2) is 57.9 Å². The highest BCUT2D eigenvalue weighted by atomic mass is 32.2. The molecule has 8 rings (SSSR count). The lowest BCUT2D eigenvalue weighted by molar-refractivity contribution is -0.120. The van der Waals surface area contributed by atoms with Crippen LogP contribution >= 0.6 is 70.6 Å². The van der Waals surface area contributed by atoms with Crippen molar-refractivity contribution < 1.29 is 19.1 Å². The third-order valence-corrected chi connectivity index (χ3v) is 13.8. The summed E-state index contributed by atoms with van der Waals surface area (Å²) in [5.74, 6) is 1.52. The maximum atomic E-state index is 12.9. The zero-order valence-corrected chi connectivity index (χ0v) is 31.8. The number of carbonyl (C=O) groups is 2. The minimum Gasteiger partial charge on any atom is -0.483 e. The normalized spacial score (nSPS) is 26.6. The Hall–Kier alpha value is -2.88. The first-order chi connectivity index (χ1) is 22.8. The van der Waals surface area contributed by atoms with E-state index < -0.39 is 11.2 Å². The van der Waals surface area contributed by atoms with Crippen molar-refractivity contribution in [2.75, 3.05) is 13.1 Å². The molecular formula is C34H30N4O4S6. The van der Waals surface area contributed by atoms with Crippen LogP contribution in [0.3, 0.4) is 0 Å². The average molecular weight is 751 g/mol. The second kappa shape index (κ2) is 11.3. The highest BCUT2D eigenvalue weighted by Crippen LogP contribution is 2.56. The van der Waals surface area contributed by atoms with Crippen LogP contribution in [0.4, 0.5) is 10.0 Å². The van der Waals surface area contributed by atoms with Crippen LogP contribution in [-0.4, -0.2) is 53.4 Å². The number of thiophene rings is 2. The molecule has 48 heavy (non-hydrogen) atoms. The zero-order valence-electron chi connectivity index (χ0n) is 26.9. The van der Waals surface area contributed by atoms with Crippen molar-refractivity contribution in [3.8, 4) is 0 Å². The third kappa shape index (κ3) is 5.05. The van der Waals surface area contributed by atoms with Gasteiger partial charge in [-0.3, -0.25) is 19.4 Å². The van der Waals surface area contributed by atoms with Crippen LogP contribution < -0.4 is 0 Å². The van der Waals surface area contributed by atoms with Crippen LogP contribution in [0.2, 0.25) is 0 Å². The van der Waals surface area contributed by atoms with Gasteiger partial charge in [-0.05, 0) is 89.4 Å². The number of ether oxygens (including phenoxy) is 2. The van der Waals surface area contributed by atoms with Crippen molar-refractivity contribution in [1.82, 2.24) is 9.80 Å². The molecule has 4 aliphatic heterocycles. The summed E-state index contributed by atoms with van der Waals surface area (Å²) in [6, 6.07) is 4.08. The van der Waals surface area contributed by atoms with E-state index in [0.29, 0.717) is 31.8 Å². The Morgan fingerprint density at radius 3 is 1.46 bits per heavy atom. The molecule has 14 heteroatoms. The number of aliphatic imine (C=N–C) groups is 2. The van der Waals surface area contributed by atoms with Gasteiger partial charge < -0.3 is 9.47 Å². The Morgan fingerprint density at radius 2 is 1.10 bits per heavy atom. The molecule has 0 saturated carbocycles. The van der Waals surface area contributed by atoms with Crippen LogP contribution in [0, 0.1) is 11.8 Å². The number of hydrogen-bond acceptors (Lipinski definition) is 12. The monoisotopic (exact) mass is 750 g/mol. The molecule has 0 radical (unpaired) electrons. The summed E-state index contributed by atoms with van der Waals surface area (Å²) in [6.07, 6.45) is 8.97.